The van der Waals surface area contributed by atoms with Crippen LogP contribution in [0.3, 0.4) is 0 Å². The standard InChI is InChI=1S/C30H33Cl4N3O4S/c1-5-20(4)35-30(39)26(6-2)36(17-21-12-13-22(31)16-25(21)33)28(38)18-37(27-9-7-8-24(32)29(27)34)42(40,41)23-14-10-19(3)11-15-23/h7-16,20,26H,5-6,17-18H2,1-4H3,(H,35,39). The molecular formula is C30H33Cl4N3O4S. The molecule has 0 fully saturated rings. The van der Waals surface area contributed by atoms with Crippen molar-refractivity contribution in [1.29, 1.82) is 0 Å². The summed E-state index contributed by atoms with van der Waals surface area (Å²) in [5, 5.41) is 3.74. The molecule has 1 N–H and O–H groups in total. The average Bonchev–Trinajstić information content (AvgIpc) is 2.94. The molecule has 12 heteroatoms. The number of aryl methyl sites for hydroxylation is 1. The molecular weight excluding hydrogens is 640 g/mol. The molecule has 0 radical (unpaired) electrons. The Morgan fingerprint density at radius 2 is 1.57 bits per heavy atom. The lowest BCUT2D eigenvalue weighted by Crippen LogP contribution is -2.53. The molecule has 42 heavy (non-hydrogen) atoms. The third kappa shape index (κ3) is 8.11. The van der Waals surface area contributed by atoms with E-state index in [9.17, 15) is 18.0 Å². The normalized spacial score (nSPS) is 12.9. The van der Waals surface area contributed by atoms with Crippen LogP contribution in [-0.4, -0.2) is 43.8 Å². The van der Waals surface area contributed by atoms with E-state index in [1.807, 2.05) is 20.8 Å². The fourth-order valence-corrected chi connectivity index (χ4v) is 6.57. The third-order valence-electron chi connectivity index (χ3n) is 6.83. The van der Waals surface area contributed by atoms with Crippen LogP contribution in [0, 0.1) is 6.92 Å². The van der Waals surface area contributed by atoms with E-state index in [1.54, 1.807) is 43.3 Å². The summed E-state index contributed by atoms with van der Waals surface area (Å²) in [6.07, 6.45) is 0.955. The van der Waals surface area contributed by atoms with Crippen LogP contribution in [0.1, 0.15) is 44.7 Å². The highest BCUT2D eigenvalue weighted by atomic mass is 35.5. The first-order valence-corrected chi connectivity index (χ1v) is 16.3. The highest BCUT2D eigenvalue weighted by Gasteiger charge is 2.35. The molecule has 2 amide bonds. The quantitative estimate of drug-likeness (QED) is 0.216. The molecule has 3 aromatic carbocycles. The van der Waals surface area contributed by atoms with Crippen molar-refractivity contribution < 1.29 is 18.0 Å². The van der Waals surface area contributed by atoms with Gasteiger partial charge in [-0.05, 0) is 68.7 Å². The maximum Gasteiger partial charge on any atom is 0.264 e. The van der Waals surface area contributed by atoms with Crippen molar-refractivity contribution in [1.82, 2.24) is 10.2 Å². The van der Waals surface area contributed by atoms with Gasteiger partial charge in [0.25, 0.3) is 10.0 Å². The van der Waals surface area contributed by atoms with Crippen LogP contribution in [-0.2, 0) is 26.2 Å². The van der Waals surface area contributed by atoms with Gasteiger partial charge < -0.3 is 10.2 Å². The minimum absolute atomic E-state index is 0.0275. The second-order valence-electron chi connectivity index (χ2n) is 9.90. The summed E-state index contributed by atoms with van der Waals surface area (Å²) < 4.78 is 28.9. The number of rotatable bonds is 12. The zero-order chi connectivity index (χ0) is 31.2. The number of hydrogen-bond acceptors (Lipinski definition) is 4. The summed E-state index contributed by atoms with van der Waals surface area (Å²) in [5.41, 5.74) is 1.43. The van der Waals surface area contributed by atoms with Gasteiger partial charge in [0.15, 0.2) is 0 Å². The Hall–Kier alpha value is -2.49. The van der Waals surface area contributed by atoms with E-state index >= 15 is 0 Å². The van der Waals surface area contributed by atoms with Gasteiger partial charge in [-0.15, -0.1) is 0 Å². The van der Waals surface area contributed by atoms with Crippen LogP contribution in [0.5, 0.6) is 0 Å². The molecule has 0 spiro atoms. The molecule has 0 aliphatic rings. The molecule has 0 saturated heterocycles. The van der Waals surface area contributed by atoms with Crippen molar-refractivity contribution in [2.75, 3.05) is 10.8 Å². The molecule has 0 bridgehead atoms. The van der Waals surface area contributed by atoms with Gasteiger partial charge in [-0.25, -0.2) is 8.42 Å². The number of nitrogens with zero attached hydrogens (tertiary/aromatic N) is 2. The number of nitrogens with one attached hydrogen (secondary N) is 1. The second-order valence-corrected chi connectivity index (χ2v) is 13.4. The van der Waals surface area contributed by atoms with Crippen molar-refractivity contribution in [2.45, 2.75) is 64.1 Å². The van der Waals surface area contributed by atoms with Crippen molar-refractivity contribution in [3.63, 3.8) is 0 Å². The fourth-order valence-electron chi connectivity index (χ4n) is 4.23. The van der Waals surface area contributed by atoms with Crippen LogP contribution in [0.25, 0.3) is 0 Å². The van der Waals surface area contributed by atoms with Crippen molar-refractivity contribution in [3.8, 4) is 0 Å². The van der Waals surface area contributed by atoms with Gasteiger partial charge in [-0.2, -0.15) is 0 Å². The summed E-state index contributed by atoms with van der Waals surface area (Å²) in [7, 11) is -4.30. The molecule has 226 valence electrons. The largest absolute Gasteiger partial charge is 0.352 e. The Labute approximate surface area is 267 Å². The van der Waals surface area contributed by atoms with E-state index in [-0.39, 0.29) is 45.5 Å². The number of amides is 2. The third-order valence-corrected chi connectivity index (χ3v) is 10.0. The zero-order valence-electron chi connectivity index (χ0n) is 23.7. The Balaban J connectivity index is 2.13. The molecule has 0 aliphatic heterocycles. The maximum atomic E-state index is 14.2. The van der Waals surface area contributed by atoms with Gasteiger partial charge >= 0.3 is 0 Å². The zero-order valence-corrected chi connectivity index (χ0v) is 27.5. The number of halogens is 4. The average molecular weight is 673 g/mol. The fraction of sp³-hybridized carbons (Fsp3) is 0.333. The molecule has 2 atom stereocenters. The van der Waals surface area contributed by atoms with Gasteiger partial charge in [0.2, 0.25) is 11.8 Å². The molecule has 3 aromatic rings. The SMILES string of the molecule is CCC(C)NC(=O)C(CC)N(Cc1ccc(Cl)cc1Cl)C(=O)CN(c1cccc(Cl)c1Cl)S(=O)(=O)c1ccc(C)cc1. The first kappa shape index (κ1) is 34.0. The molecule has 2 unspecified atom stereocenters. The van der Waals surface area contributed by atoms with Crippen LogP contribution >= 0.6 is 46.4 Å². The van der Waals surface area contributed by atoms with Gasteiger partial charge in [-0.1, -0.05) is 90.1 Å². The maximum absolute atomic E-state index is 14.2. The summed E-state index contributed by atoms with van der Waals surface area (Å²) in [4.78, 5) is 28.9. The summed E-state index contributed by atoms with van der Waals surface area (Å²) in [6, 6.07) is 14.6. The molecule has 7 nitrogen and oxygen atoms in total. The van der Waals surface area contributed by atoms with Crippen molar-refractivity contribution in [3.05, 3.63) is 91.9 Å². The molecule has 0 heterocycles. The summed E-state index contributed by atoms with van der Waals surface area (Å²) >= 11 is 25.3. The van der Waals surface area contributed by atoms with Crippen molar-refractivity contribution in [2.24, 2.45) is 0 Å². The van der Waals surface area contributed by atoms with Crippen molar-refractivity contribution >= 4 is 73.9 Å². The number of carbonyl (C=O) groups is 2. The molecule has 0 saturated carbocycles. The lowest BCUT2D eigenvalue weighted by Gasteiger charge is -2.34. The van der Waals surface area contributed by atoms with E-state index in [1.165, 1.54) is 29.2 Å². The van der Waals surface area contributed by atoms with E-state index in [2.05, 4.69) is 5.32 Å². The minimum atomic E-state index is -4.30. The summed E-state index contributed by atoms with van der Waals surface area (Å²) in [5.74, 6) is -1.00. The molecule has 3 rings (SSSR count). The lowest BCUT2D eigenvalue weighted by molar-refractivity contribution is -0.140. The van der Waals surface area contributed by atoms with E-state index in [0.717, 1.165) is 9.87 Å². The Bertz CT molecular complexity index is 1530. The van der Waals surface area contributed by atoms with E-state index < -0.39 is 28.5 Å². The highest BCUT2D eigenvalue weighted by molar-refractivity contribution is 7.92. The predicted octanol–water partition coefficient (Wildman–Crippen LogP) is 7.53. The van der Waals surface area contributed by atoms with Gasteiger partial charge in [0, 0.05) is 22.6 Å². The van der Waals surface area contributed by atoms with E-state index in [0.29, 0.717) is 22.0 Å². The minimum Gasteiger partial charge on any atom is -0.352 e. The Kier molecular flexibility index (Phi) is 12.0. The highest BCUT2D eigenvalue weighted by Crippen LogP contribution is 2.36. The number of hydrogen-bond donors (Lipinski definition) is 1. The molecule has 0 aliphatic carbocycles. The first-order chi connectivity index (χ1) is 19.8. The molecule has 0 aromatic heterocycles. The number of anilines is 1. The number of sulfonamides is 1. The van der Waals surface area contributed by atoms with Gasteiger partial charge in [0.1, 0.15) is 12.6 Å². The van der Waals surface area contributed by atoms with Crippen LogP contribution in [0.15, 0.2) is 65.6 Å². The second kappa shape index (κ2) is 14.8. The van der Waals surface area contributed by atoms with Crippen LogP contribution < -0.4 is 9.62 Å². The first-order valence-electron chi connectivity index (χ1n) is 13.4. The Morgan fingerprint density at radius 1 is 0.905 bits per heavy atom. The van der Waals surface area contributed by atoms with Gasteiger partial charge in [-0.3, -0.25) is 13.9 Å². The van der Waals surface area contributed by atoms with Crippen LogP contribution in [0.4, 0.5) is 5.69 Å². The van der Waals surface area contributed by atoms with Crippen LogP contribution in [0.2, 0.25) is 20.1 Å². The summed E-state index contributed by atoms with van der Waals surface area (Å²) in [6.45, 7) is 6.69. The predicted molar refractivity (Wildman–Crippen MR) is 171 cm³/mol. The van der Waals surface area contributed by atoms with Gasteiger partial charge in [0.05, 0.1) is 20.6 Å². The Morgan fingerprint density at radius 3 is 2.17 bits per heavy atom. The lowest BCUT2D eigenvalue weighted by atomic mass is 10.1. The number of carbonyl (C=O) groups excluding carboxylic acids is 2. The number of benzene rings is 3. The topological polar surface area (TPSA) is 86.8 Å². The van der Waals surface area contributed by atoms with E-state index in [4.69, 9.17) is 46.4 Å². The monoisotopic (exact) mass is 671 g/mol. The smallest absolute Gasteiger partial charge is 0.264 e.